The van der Waals surface area contributed by atoms with Crippen LogP contribution in [0.25, 0.3) is 0 Å². The Kier molecular flexibility index (Phi) is 7.99. The largest absolute Gasteiger partial charge is 0.499 e. The maximum absolute atomic E-state index is 13.2. The number of anilines is 1. The average molecular weight is 462 g/mol. The van der Waals surface area contributed by atoms with Gasteiger partial charge in [0.2, 0.25) is 5.91 Å². The summed E-state index contributed by atoms with van der Waals surface area (Å²) in [6.45, 7) is 6.46. The fourth-order valence-corrected chi connectivity index (χ4v) is 4.19. The second-order valence-electron chi connectivity index (χ2n) is 9.56. The van der Waals surface area contributed by atoms with Crippen molar-refractivity contribution in [2.45, 2.75) is 71.1 Å². The first-order valence-corrected chi connectivity index (χ1v) is 11.5. The zero-order valence-electron chi connectivity index (χ0n) is 19.9. The molecule has 2 N–H and O–H groups in total. The zero-order valence-corrected chi connectivity index (χ0v) is 19.9. The Hall–Kier alpha value is -3.04. The van der Waals surface area contributed by atoms with Crippen LogP contribution < -0.4 is 10.6 Å². The van der Waals surface area contributed by atoms with Crippen LogP contribution in [0, 0.1) is 5.92 Å². The summed E-state index contributed by atoms with van der Waals surface area (Å²) in [6.07, 6.45) is 7.80. The second-order valence-corrected chi connectivity index (χ2v) is 9.56. The van der Waals surface area contributed by atoms with Crippen molar-refractivity contribution in [1.29, 1.82) is 0 Å². The summed E-state index contributed by atoms with van der Waals surface area (Å²) in [5.41, 5.74) is -0.557. The molecule has 10 nitrogen and oxygen atoms in total. The molecule has 33 heavy (non-hydrogen) atoms. The average Bonchev–Trinajstić information content (AvgIpc) is 3.46. The number of aromatic nitrogens is 2. The SMILES string of the molecule is COC1=CC(=O)N(C(CC2CCCC2)C(=O)Nc2ccn(CCNC(=O)OC(C)(C)C)n2)C1. The normalized spacial score (nSPS) is 17.6. The molecule has 0 spiro atoms. The highest BCUT2D eigenvalue weighted by molar-refractivity contribution is 5.99. The highest BCUT2D eigenvalue weighted by Gasteiger charge is 2.36. The Bertz CT molecular complexity index is 882. The number of ether oxygens (including phenoxy) is 2. The van der Waals surface area contributed by atoms with Crippen LogP contribution in [0.1, 0.15) is 52.9 Å². The number of amides is 3. The first-order valence-electron chi connectivity index (χ1n) is 11.5. The van der Waals surface area contributed by atoms with Gasteiger partial charge in [-0.15, -0.1) is 0 Å². The lowest BCUT2D eigenvalue weighted by Gasteiger charge is -2.28. The topological polar surface area (TPSA) is 115 Å². The Morgan fingerprint density at radius 2 is 2.00 bits per heavy atom. The molecule has 0 saturated heterocycles. The van der Waals surface area contributed by atoms with E-state index in [0.29, 0.717) is 43.6 Å². The summed E-state index contributed by atoms with van der Waals surface area (Å²) >= 11 is 0. The standard InChI is InChI=1S/C23H35N5O5/c1-23(2,3)33-22(31)24-10-12-27-11-9-19(26-27)25-21(30)18(13-16-7-5-6-8-16)28-15-17(32-4)14-20(28)29/h9,11,14,16,18H,5-8,10,12-13,15H2,1-4H3,(H,24,31)(H,25,26,30). The summed E-state index contributed by atoms with van der Waals surface area (Å²) in [4.78, 5) is 39.0. The van der Waals surface area contributed by atoms with Gasteiger partial charge in [-0.05, 0) is 33.1 Å². The predicted octanol–water partition coefficient (Wildman–Crippen LogP) is 2.67. The molecule has 1 saturated carbocycles. The molecule has 182 valence electrons. The highest BCUT2D eigenvalue weighted by atomic mass is 16.6. The van der Waals surface area contributed by atoms with Crippen LogP contribution in [0.2, 0.25) is 0 Å². The molecule has 3 rings (SSSR count). The van der Waals surface area contributed by atoms with Crippen LogP contribution in [0.5, 0.6) is 0 Å². The summed E-state index contributed by atoms with van der Waals surface area (Å²) in [5.74, 6) is 0.935. The van der Waals surface area contributed by atoms with Crippen LogP contribution >= 0.6 is 0 Å². The minimum atomic E-state index is -0.580. The van der Waals surface area contributed by atoms with E-state index in [1.165, 1.54) is 13.2 Å². The lowest BCUT2D eigenvalue weighted by molar-refractivity contribution is -0.134. The fraction of sp³-hybridized carbons (Fsp3) is 0.652. The van der Waals surface area contributed by atoms with Crippen LogP contribution in [0.3, 0.4) is 0 Å². The van der Waals surface area contributed by atoms with Gasteiger partial charge in [-0.2, -0.15) is 5.10 Å². The maximum Gasteiger partial charge on any atom is 0.407 e. The number of rotatable bonds is 9. The number of hydrogen-bond donors (Lipinski definition) is 2. The lowest BCUT2D eigenvalue weighted by Crippen LogP contribution is -2.46. The molecule has 1 aromatic rings. The molecule has 0 radical (unpaired) electrons. The Morgan fingerprint density at radius 1 is 1.27 bits per heavy atom. The summed E-state index contributed by atoms with van der Waals surface area (Å²) < 4.78 is 12.1. The first-order chi connectivity index (χ1) is 15.6. The summed E-state index contributed by atoms with van der Waals surface area (Å²) in [5, 5.41) is 9.90. The molecule has 1 aromatic heterocycles. The molecule has 0 aromatic carbocycles. The minimum Gasteiger partial charge on any atom is -0.499 e. The van der Waals surface area contributed by atoms with E-state index in [2.05, 4.69) is 15.7 Å². The van der Waals surface area contributed by atoms with Crippen molar-refractivity contribution in [2.75, 3.05) is 25.5 Å². The number of methoxy groups -OCH3 is 1. The van der Waals surface area contributed by atoms with Crippen LogP contribution in [-0.4, -0.2) is 64.4 Å². The Labute approximate surface area is 194 Å². The fourth-order valence-electron chi connectivity index (χ4n) is 4.19. The maximum atomic E-state index is 13.2. The number of carbonyl (C=O) groups excluding carboxylic acids is 3. The van der Waals surface area contributed by atoms with Gasteiger partial charge in [-0.3, -0.25) is 14.3 Å². The lowest BCUT2D eigenvalue weighted by atomic mass is 9.97. The van der Waals surface area contributed by atoms with Gasteiger partial charge in [0, 0.05) is 24.9 Å². The van der Waals surface area contributed by atoms with Gasteiger partial charge in [-0.25, -0.2) is 4.79 Å². The van der Waals surface area contributed by atoms with E-state index in [-0.39, 0.29) is 11.8 Å². The Morgan fingerprint density at radius 3 is 2.64 bits per heavy atom. The molecule has 2 heterocycles. The van der Waals surface area contributed by atoms with Crippen molar-refractivity contribution in [2.24, 2.45) is 5.92 Å². The number of nitrogens with zero attached hydrogens (tertiary/aromatic N) is 3. The van der Waals surface area contributed by atoms with Gasteiger partial charge in [0.1, 0.15) is 17.4 Å². The van der Waals surface area contributed by atoms with Crippen molar-refractivity contribution < 1.29 is 23.9 Å². The molecule has 1 unspecified atom stereocenters. The zero-order chi connectivity index (χ0) is 24.0. The molecule has 3 amide bonds. The molecular formula is C23H35N5O5. The van der Waals surface area contributed by atoms with Crippen molar-refractivity contribution >= 4 is 23.7 Å². The molecular weight excluding hydrogens is 426 g/mol. The number of hydrogen-bond acceptors (Lipinski definition) is 6. The van der Waals surface area contributed by atoms with E-state index in [1.54, 1.807) is 42.6 Å². The first kappa shape index (κ1) is 24.6. The van der Waals surface area contributed by atoms with Gasteiger partial charge in [0.15, 0.2) is 5.82 Å². The van der Waals surface area contributed by atoms with E-state index < -0.39 is 17.7 Å². The van der Waals surface area contributed by atoms with Crippen molar-refractivity contribution in [3.63, 3.8) is 0 Å². The highest BCUT2D eigenvalue weighted by Crippen LogP contribution is 2.31. The molecule has 10 heteroatoms. The van der Waals surface area contributed by atoms with Crippen molar-refractivity contribution in [3.8, 4) is 0 Å². The van der Waals surface area contributed by atoms with Gasteiger partial charge >= 0.3 is 6.09 Å². The third-order valence-electron chi connectivity index (χ3n) is 5.77. The van der Waals surface area contributed by atoms with E-state index in [9.17, 15) is 14.4 Å². The number of carbonyl (C=O) groups is 3. The summed E-state index contributed by atoms with van der Waals surface area (Å²) in [6, 6.07) is 1.12. The molecule has 1 aliphatic carbocycles. The second kappa shape index (κ2) is 10.7. The minimum absolute atomic E-state index is 0.205. The third-order valence-corrected chi connectivity index (χ3v) is 5.77. The molecule has 0 bridgehead atoms. The van der Waals surface area contributed by atoms with Crippen LogP contribution in [0.15, 0.2) is 24.1 Å². The monoisotopic (exact) mass is 461 g/mol. The third kappa shape index (κ3) is 7.23. The number of alkyl carbamates (subject to hydrolysis) is 1. The van der Waals surface area contributed by atoms with E-state index in [1.807, 2.05) is 0 Å². The van der Waals surface area contributed by atoms with Gasteiger partial charge in [-0.1, -0.05) is 25.7 Å². The molecule has 2 aliphatic rings. The Balaban J connectivity index is 1.56. The predicted molar refractivity (Wildman–Crippen MR) is 122 cm³/mol. The molecule has 1 aliphatic heterocycles. The van der Waals surface area contributed by atoms with Gasteiger partial charge in [0.05, 0.1) is 20.2 Å². The number of nitrogens with one attached hydrogen (secondary N) is 2. The van der Waals surface area contributed by atoms with Crippen LogP contribution in [-0.2, 0) is 25.6 Å². The van der Waals surface area contributed by atoms with Gasteiger partial charge in [0.25, 0.3) is 5.91 Å². The van der Waals surface area contributed by atoms with E-state index in [0.717, 1.165) is 25.7 Å². The smallest absolute Gasteiger partial charge is 0.407 e. The van der Waals surface area contributed by atoms with Crippen molar-refractivity contribution in [3.05, 3.63) is 24.1 Å². The van der Waals surface area contributed by atoms with Crippen molar-refractivity contribution in [1.82, 2.24) is 20.0 Å². The molecule has 1 fully saturated rings. The quantitative estimate of drug-likeness (QED) is 0.584. The van der Waals surface area contributed by atoms with Gasteiger partial charge < -0.3 is 25.0 Å². The molecule has 1 atom stereocenters. The van der Waals surface area contributed by atoms with E-state index in [4.69, 9.17) is 9.47 Å². The van der Waals surface area contributed by atoms with E-state index >= 15 is 0 Å². The van der Waals surface area contributed by atoms with Crippen LogP contribution in [0.4, 0.5) is 10.6 Å². The summed E-state index contributed by atoms with van der Waals surface area (Å²) in [7, 11) is 1.53.